The zero-order chi connectivity index (χ0) is 14.6. The molecule has 2 heteroatoms. The Morgan fingerprint density at radius 1 is 1.00 bits per heavy atom. The first-order chi connectivity index (χ1) is 9.45. The lowest BCUT2D eigenvalue weighted by Gasteiger charge is -2.19. The van der Waals surface area contributed by atoms with Crippen molar-refractivity contribution in [3.63, 3.8) is 0 Å². The summed E-state index contributed by atoms with van der Waals surface area (Å²) >= 11 is 0. The number of hydrogen-bond acceptors (Lipinski definition) is 2. The summed E-state index contributed by atoms with van der Waals surface area (Å²) in [5.74, 6) is 0. The Labute approximate surface area is 121 Å². The monoisotopic (exact) mass is 269 g/mol. The molecule has 0 saturated carbocycles. The van der Waals surface area contributed by atoms with Gasteiger partial charge in [0.25, 0.3) is 0 Å². The van der Waals surface area contributed by atoms with E-state index < -0.39 is 0 Å². The van der Waals surface area contributed by atoms with Crippen LogP contribution in [-0.2, 0) is 18.3 Å². The summed E-state index contributed by atoms with van der Waals surface area (Å²) in [5, 5.41) is 10.1. The van der Waals surface area contributed by atoms with Crippen molar-refractivity contribution in [2.75, 3.05) is 0 Å². The second kappa shape index (κ2) is 6.19. The van der Waals surface area contributed by atoms with Crippen LogP contribution in [-0.4, -0.2) is 16.2 Å². The Morgan fingerprint density at radius 2 is 1.70 bits per heavy atom. The largest absolute Gasteiger partial charge is 0.392 e. The molecule has 0 fully saturated rings. The van der Waals surface area contributed by atoms with Gasteiger partial charge in [0.1, 0.15) is 0 Å². The Hall–Kier alpha value is -1.67. The van der Waals surface area contributed by atoms with Crippen molar-refractivity contribution in [2.45, 2.75) is 45.1 Å². The highest BCUT2D eigenvalue weighted by atomic mass is 16.3. The van der Waals surface area contributed by atoms with Crippen molar-refractivity contribution in [1.82, 2.24) is 4.98 Å². The van der Waals surface area contributed by atoms with Gasteiger partial charge in [-0.2, -0.15) is 0 Å². The van der Waals surface area contributed by atoms with Crippen LogP contribution in [0.3, 0.4) is 0 Å². The van der Waals surface area contributed by atoms with Crippen molar-refractivity contribution >= 4 is 0 Å². The van der Waals surface area contributed by atoms with Gasteiger partial charge in [-0.3, -0.25) is 4.98 Å². The highest BCUT2D eigenvalue weighted by Gasteiger charge is 2.13. The molecule has 0 bridgehead atoms. The highest BCUT2D eigenvalue weighted by molar-refractivity contribution is 5.28. The minimum atomic E-state index is -0.384. The van der Waals surface area contributed by atoms with Crippen LogP contribution in [0, 0.1) is 0 Å². The van der Waals surface area contributed by atoms with E-state index in [1.807, 2.05) is 18.2 Å². The number of aromatic nitrogens is 1. The highest BCUT2D eigenvalue weighted by Crippen LogP contribution is 2.22. The van der Waals surface area contributed by atoms with E-state index in [0.717, 1.165) is 5.69 Å². The molecular formula is C18H23NO. The molecular weight excluding hydrogens is 246 g/mol. The van der Waals surface area contributed by atoms with Gasteiger partial charge in [-0.05, 0) is 35.1 Å². The normalized spacial score (nSPS) is 13.2. The van der Waals surface area contributed by atoms with Gasteiger partial charge in [0, 0.05) is 18.3 Å². The van der Waals surface area contributed by atoms with Gasteiger partial charge in [-0.1, -0.05) is 51.1 Å². The van der Waals surface area contributed by atoms with Crippen LogP contribution in [0.25, 0.3) is 0 Å². The van der Waals surface area contributed by atoms with Crippen LogP contribution in [0.15, 0.2) is 48.7 Å². The van der Waals surface area contributed by atoms with E-state index in [4.69, 9.17) is 0 Å². The molecule has 2 aromatic rings. The van der Waals surface area contributed by atoms with Crippen molar-refractivity contribution in [1.29, 1.82) is 0 Å². The third-order valence-corrected chi connectivity index (χ3v) is 3.46. The molecule has 0 saturated heterocycles. The zero-order valence-corrected chi connectivity index (χ0v) is 12.5. The van der Waals surface area contributed by atoms with E-state index in [0.29, 0.717) is 12.8 Å². The minimum Gasteiger partial charge on any atom is -0.392 e. The van der Waals surface area contributed by atoms with Crippen molar-refractivity contribution in [3.8, 4) is 0 Å². The quantitative estimate of drug-likeness (QED) is 0.921. The molecule has 0 radical (unpaired) electrons. The van der Waals surface area contributed by atoms with E-state index in [1.54, 1.807) is 6.20 Å². The number of benzene rings is 1. The van der Waals surface area contributed by atoms with E-state index in [2.05, 4.69) is 50.0 Å². The number of rotatable bonds is 4. The lowest BCUT2D eigenvalue weighted by molar-refractivity contribution is 0.174. The lowest BCUT2D eigenvalue weighted by Crippen LogP contribution is -2.15. The molecule has 1 unspecified atom stereocenters. The molecule has 0 aliphatic carbocycles. The maximum Gasteiger partial charge on any atom is 0.0635 e. The predicted octanol–water partition coefficient (Wildman–Crippen LogP) is 3.53. The summed E-state index contributed by atoms with van der Waals surface area (Å²) in [5.41, 5.74) is 3.60. The number of aliphatic hydroxyl groups is 1. The van der Waals surface area contributed by atoms with Gasteiger partial charge in [-0.15, -0.1) is 0 Å². The maximum absolute atomic E-state index is 10.1. The van der Waals surface area contributed by atoms with Crippen LogP contribution in [0.4, 0.5) is 0 Å². The molecule has 20 heavy (non-hydrogen) atoms. The molecule has 0 aliphatic rings. The van der Waals surface area contributed by atoms with Crippen molar-refractivity contribution in [2.24, 2.45) is 0 Å². The summed E-state index contributed by atoms with van der Waals surface area (Å²) in [7, 11) is 0. The Kier molecular flexibility index (Phi) is 4.56. The molecule has 1 aromatic carbocycles. The molecule has 1 aromatic heterocycles. The van der Waals surface area contributed by atoms with Crippen LogP contribution in [0.5, 0.6) is 0 Å². The summed E-state index contributed by atoms with van der Waals surface area (Å²) in [6, 6.07) is 14.3. The van der Waals surface area contributed by atoms with Crippen LogP contribution in [0.2, 0.25) is 0 Å². The summed E-state index contributed by atoms with van der Waals surface area (Å²) < 4.78 is 0. The molecule has 106 valence electrons. The summed E-state index contributed by atoms with van der Waals surface area (Å²) in [6.07, 6.45) is 2.65. The minimum absolute atomic E-state index is 0.172. The van der Waals surface area contributed by atoms with Gasteiger partial charge in [-0.25, -0.2) is 0 Å². The molecule has 2 nitrogen and oxygen atoms in total. The molecule has 1 N–H and O–H groups in total. The van der Waals surface area contributed by atoms with E-state index in [-0.39, 0.29) is 11.5 Å². The standard InChI is InChI=1S/C18H23NO/c1-18(2,3)15-9-7-14(8-10-15)12-17(20)13-16-6-4-5-11-19-16/h4-11,17,20H,12-13H2,1-3H3. The van der Waals surface area contributed by atoms with Crippen LogP contribution in [0.1, 0.15) is 37.6 Å². The second-order valence-electron chi connectivity index (χ2n) is 6.33. The fourth-order valence-electron chi connectivity index (χ4n) is 2.25. The molecule has 0 amide bonds. The summed E-state index contributed by atoms with van der Waals surface area (Å²) in [6.45, 7) is 6.62. The molecule has 1 heterocycles. The van der Waals surface area contributed by atoms with Gasteiger partial charge in [0.05, 0.1) is 6.10 Å². The maximum atomic E-state index is 10.1. The summed E-state index contributed by atoms with van der Waals surface area (Å²) in [4.78, 5) is 4.25. The van der Waals surface area contributed by atoms with E-state index in [9.17, 15) is 5.11 Å². The first-order valence-corrected chi connectivity index (χ1v) is 7.12. The Bertz CT molecular complexity index is 526. The van der Waals surface area contributed by atoms with Gasteiger partial charge < -0.3 is 5.11 Å². The smallest absolute Gasteiger partial charge is 0.0635 e. The average molecular weight is 269 g/mol. The molecule has 0 spiro atoms. The lowest BCUT2D eigenvalue weighted by atomic mass is 9.86. The number of hydrogen-bond donors (Lipinski definition) is 1. The SMILES string of the molecule is CC(C)(C)c1ccc(CC(O)Cc2ccccn2)cc1. The fourth-order valence-corrected chi connectivity index (χ4v) is 2.25. The first kappa shape index (κ1) is 14.7. The number of aliphatic hydroxyl groups excluding tert-OH is 1. The van der Waals surface area contributed by atoms with E-state index in [1.165, 1.54) is 11.1 Å². The second-order valence-corrected chi connectivity index (χ2v) is 6.33. The Morgan fingerprint density at radius 3 is 2.25 bits per heavy atom. The number of nitrogens with zero attached hydrogens (tertiary/aromatic N) is 1. The number of pyridine rings is 1. The van der Waals surface area contributed by atoms with Crippen molar-refractivity contribution < 1.29 is 5.11 Å². The van der Waals surface area contributed by atoms with Gasteiger partial charge >= 0.3 is 0 Å². The van der Waals surface area contributed by atoms with Crippen LogP contribution >= 0.6 is 0 Å². The van der Waals surface area contributed by atoms with Gasteiger partial charge in [0.2, 0.25) is 0 Å². The zero-order valence-electron chi connectivity index (χ0n) is 12.5. The topological polar surface area (TPSA) is 33.1 Å². The third kappa shape index (κ3) is 4.17. The molecule has 1 atom stereocenters. The third-order valence-electron chi connectivity index (χ3n) is 3.46. The molecule has 0 aliphatic heterocycles. The van der Waals surface area contributed by atoms with Gasteiger partial charge in [0.15, 0.2) is 0 Å². The van der Waals surface area contributed by atoms with E-state index >= 15 is 0 Å². The van der Waals surface area contributed by atoms with Crippen LogP contribution < -0.4 is 0 Å². The first-order valence-electron chi connectivity index (χ1n) is 7.12. The average Bonchev–Trinajstić information content (AvgIpc) is 2.39. The molecule has 2 rings (SSSR count). The predicted molar refractivity (Wildman–Crippen MR) is 82.8 cm³/mol. The Balaban J connectivity index is 1.96. The van der Waals surface area contributed by atoms with Crippen molar-refractivity contribution in [3.05, 3.63) is 65.5 Å². The fraction of sp³-hybridized carbons (Fsp3) is 0.389.